The molecule has 0 atom stereocenters. The predicted octanol–water partition coefficient (Wildman–Crippen LogP) is -1.53. The van der Waals surface area contributed by atoms with E-state index in [1.165, 1.54) is 0 Å². The van der Waals surface area contributed by atoms with Crippen molar-refractivity contribution in [3.05, 3.63) is 0 Å². The SMILES string of the molecule is [Cu].[Ga]=[Se].[In].[Te]. The summed E-state index contributed by atoms with van der Waals surface area (Å²) in [6.45, 7) is 0. The van der Waals surface area contributed by atoms with Crippen LogP contribution in [0.5, 0.6) is 0 Å². The maximum Gasteiger partial charge on any atom is 0 e. The molecule has 0 aromatic carbocycles. The fraction of sp³-hybridized carbons (Fsp3) is 0. The molecule has 0 amide bonds. The summed E-state index contributed by atoms with van der Waals surface area (Å²) >= 11 is 4.25. The van der Waals surface area contributed by atoms with E-state index in [2.05, 4.69) is 13.1 Å². The Morgan fingerprint density at radius 2 is 1.20 bits per heavy atom. The molecule has 0 nitrogen and oxygen atoms in total. The van der Waals surface area contributed by atoms with E-state index in [0.717, 1.165) is 0 Å². The molecule has 0 aliphatic carbocycles. The number of hydrogen-bond acceptors (Lipinski definition) is 0. The summed E-state index contributed by atoms with van der Waals surface area (Å²) in [6, 6.07) is 0. The Bertz CT molecular complexity index is 11.6. The maximum atomic E-state index is 2.69. The molecule has 0 saturated carbocycles. The minimum Gasteiger partial charge on any atom is 0 e. The summed E-state index contributed by atoms with van der Waals surface area (Å²) in [5.74, 6) is 0. The minimum atomic E-state index is 0. The zero-order chi connectivity index (χ0) is 2.00. The van der Waals surface area contributed by atoms with Crippen LogP contribution in [0.3, 0.4) is 0 Å². The molecule has 0 bridgehead atoms. The van der Waals surface area contributed by atoms with Crippen molar-refractivity contribution in [1.82, 2.24) is 0 Å². The van der Waals surface area contributed by atoms with E-state index >= 15 is 0 Å². The molecule has 0 aromatic heterocycles. The van der Waals surface area contributed by atoms with Gasteiger partial charge in [-0.05, 0) is 0 Å². The van der Waals surface area contributed by atoms with Gasteiger partial charge in [0.25, 0.3) is 0 Å². The molecule has 0 saturated heterocycles. The monoisotopic (exact) mass is 457 g/mol. The second-order valence-corrected chi connectivity index (χ2v) is 0. The summed E-state index contributed by atoms with van der Waals surface area (Å²) in [4.78, 5) is 0. The van der Waals surface area contributed by atoms with Crippen LogP contribution in [-0.2, 0) is 17.1 Å². The van der Waals surface area contributed by atoms with Gasteiger partial charge >= 0.3 is 29.1 Å². The molecule has 5 heteroatoms. The smallest absolute Gasteiger partial charge is 0 e. The first-order chi connectivity index (χ1) is 1.00. The first kappa shape index (κ1) is 23.9. The van der Waals surface area contributed by atoms with Crippen LogP contribution < -0.4 is 0 Å². The van der Waals surface area contributed by atoms with E-state index in [-0.39, 0.29) is 66.6 Å². The van der Waals surface area contributed by atoms with E-state index in [0.29, 0.717) is 0 Å². The normalized spacial score (nSPS) is 0.600. The van der Waals surface area contributed by atoms with Crippen molar-refractivity contribution in [3.63, 3.8) is 0 Å². The third-order valence-electron chi connectivity index (χ3n) is 0. The maximum absolute atomic E-state index is 2.69. The fourth-order valence-electron chi connectivity index (χ4n) is 0. The van der Waals surface area contributed by atoms with Gasteiger partial charge in [0.05, 0.1) is 0 Å². The van der Waals surface area contributed by atoms with Gasteiger partial charge in [-0.3, -0.25) is 0 Å². The van der Waals surface area contributed by atoms with Crippen LogP contribution in [0.4, 0.5) is 0 Å². The van der Waals surface area contributed by atoms with Gasteiger partial charge in [0.1, 0.15) is 0 Å². The minimum absolute atomic E-state index is 0. The van der Waals surface area contributed by atoms with Gasteiger partial charge in [-0.25, -0.2) is 0 Å². The average Bonchev–Trinajstić information content (AvgIpc) is 1.00. The van der Waals surface area contributed by atoms with E-state index in [4.69, 9.17) is 0 Å². The standard InChI is InChI=1S/Cu.Ga.In.Se.Te. The Morgan fingerprint density at radius 1 is 1.20 bits per heavy atom. The zero-order valence-corrected chi connectivity index (χ0v) is 13.0. The topological polar surface area (TPSA) is 0 Å². The van der Waals surface area contributed by atoms with E-state index in [1.54, 1.807) is 16.0 Å². The Morgan fingerprint density at radius 3 is 1.20 bits per heavy atom. The molecule has 0 heterocycles. The van der Waals surface area contributed by atoms with Crippen LogP contribution in [-0.4, -0.2) is 78.6 Å². The van der Waals surface area contributed by atoms with Gasteiger partial charge in [0.2, 0.25) is 0 Å². The number of hydrogen-bond donors (Lipinski definition) is 0. The average molecular weight is 455 g/mol. The zero-order valence-electron chi connectivity index (χ0n) is 2.27. The second kappa shape index (κ2) is 26.5. The molecule has 0 N–H and O–H groups in total. The second-order valence-electron chi connectivity index (χ2n) is 0. The largest absolute Gasteiger partial charge is 0 e. The third-order valence-corrected chi connectivity index (χ3v) is 0. The first-order valence-corrected chi connectivity index (χ1v) is 6.36. The summed E-state index contributed by atoms with van der Waals surface area (Å²) in [5, 5.41) is 0. The van der Waals surface area contributed by atoms with Crippen LogP contribution in [0.25, 0.3) is 0 Å². The molecule has 0 aliphatic rings. The summed E-state index contributed by atoms with van der Waals surface area (Å²) < 4.78 is 0. The van der Waals surface area contributed by atoms with E-state index in [9.17, 15) is 0 Å². The molecule has 5 heavy (non-hydrogen) atoms. The van der Waals surface area contributed by atoms with Crippen molar-refractivity contribution >= 4 is 78.6 Å². The van der Waals surface area contributed by atoms with Gasteiger partial charge in [-0.2, -0.15) is 0 Å². The molecule has 0 aromatic rings. The van der Waals surface area contributed by atoms with Gasteiger partial charge in [-0.15, -0.1) is 0 Å². The Labute approximate surface area is 93.8 Å². The Balaban J connectivity index is -0.00000000167. The quantitative estimate of drug-likeness (QED) is 0.390. The molecule has 0 spiro atoms. The van der Waals surface area contributed by atoms with Gasteiger partial charge in [0.15, 0.2) is 0 Å². The van der Waals surface area contributed by atoms with Crippen LogP contribution in [0.15, 0.2) is 0 Å². The van der Waals surface area contributed by atoms with Crippen molar-refractivity contribution in [2.24, 2.45) is 0 Å². The van der Waals surface area contributed by atoms with Crippen LogP contribution in [0.2, 0.25) is 0 Å². The van der Waals surface area contributed by atoms with Gasteiger partial charge in [-0.1, -0.05) is 0 Å². The molecule has 29 valence electrons. The van der Waals surface area contributed by atoms with Crippen molar-refractivity contribution < 1.29 is 17.1 Å². The van der Waals surface area contributed by atoms with Gasteiger partial charge < -0.3 is 0 Å². The third kappa shape index (κ3) is 18.8. The van der Waals surface area contributed by atoms with Crippen molar-refractivity contribution in [2.45, 2.75) is 0 Å². The molecule has 0 aliphatic heterocycles. The van der Waals surface area contributed by atoms with Crippen molar-refractivity contribution in [3.8, 4) is 0 Å². The van der Waals surface area contributed by atoms with E-state index < -0.39 is 0 Å². The van der Waals surface area contributed by atoms with Crippen LogP contribution >= 0.6 is 0 Å². The van der Waals surface area contributed by atoms with Gasteiger partial charge in [0, 0.05) is 66.6 Å². The van der Waals surface area contributed by atoms with E-state index in [1.807, 2.05) is 0 Å². The van der Waals surface area contributed by atoms with Crippen molar-refractivity contribution in [1.29, 1.82) is 0 Å². The predicted molar refractivity (Wildman–Crippen MR) is 23.0 cm³/mol. The van der Waals surface area contributed by atoms with Crippen LogP contribution in [0.1, 0.15) is 0 Å². The molecule has 7 radical (unpaired) electrons. The summed E-state index contributed by atoms with van der Waals surface area (Å²) in [5.41, 5.74) is 0. The van der Waals surface area contributed by atoms with Crippen molar-refractivity contribution in [2.75, 3.05) is 0 Å². The van der Waals surface area contributed by atoms with Crippen LogP contribution in [0, 0.1) is 0 Å². The summed E-state index contributed by atoms with van der Waals surface area (Å²) in [6.07, 6.45) is 0. The number of rotatable bonds is 0. The molecule has 0 rings (SSSR count). The molecular formula is CuGaInSeTe. The summed E-state index contributed by atoms with van der Waals surface area (Å²) in [7, 11) is 0. The first-order valence-electron chi connectivity index (χ1n) is 0.236. The Hall–Kier alpha value is 3.34. The Kier molecular flexibility index (Phi) is 126. The molecular weight excluding hydrogens is 455 g/mol. The fourth-order valence-corrected chi connectivity index (χ4v) is 0. The molecule has 0 unspecified atom stereocenters. The molecule has 0 fully saturated rings.